The summed E-state index contributed by atoms with van der Waals surface area (Å²) in [7, 11) is 0. The van der Waals surface area contributed by atoms with E-state index in [1.54, 1.807) is 0 Å². The number of ether oxygens (including phenoxy) is 1. The SMILES string of the molecule is CC(C)[13C](=O)OCCCc1ccccc1. The highest BCUT2D eigenvalue weighted by Crippen LogP contribution is 2.03. The molecule has 0 radical (unpaired) electrons. The van der Waals surface area contributed by atoms with Crippen LogP contribution in [0.2, 0.25) is 0 Å². The maximum Gasteiger partial charge on any atom is 0.308 e. The van der Waals surface area contributed by atoms with E-state index < -0.39 is 0 Å². The zero-order valence-electron chi connectivity index (χ0n) is 9.40. The summed E-state index contributed by atoms with van der Waals surface area (Å²) >= 11 is 0. The Kier molecular flexibility index (Phi) is 4.88. The third-order valence-corrected chi connectivity index (χ3v) is 2.17. The number of esters is 1. The number of aryl methyl sites for hydroxylation is 1. The first-order valence-corrected chi connectivity index (χ1v) is 5.40. The molecule has 0 saturated carbocycles. The highest BCUT2D eigenvalue weighted by Gasteiger charge is 2.06. The Morgan fingerprint density at radius 3 is 2.53 bits per heavy atom. The molecule has 0 atom stereocenters. The molecule has 0 saturated heterocycles. The summed E-state index contributed by atoms with van der Waals surface area (Å²) in [6.45, 7) is 4.21. The Hall–Kier alpha value is -1.31. The van der Waals surface area contributed by atoms with Crippen LogP contribution < -0.4 is 0 Å². The van der Waals surface area contributed by atoms with Gasteiger partial charge in [0.05, 0.1) is 12.5 Å². The lowest BCUT2D eigenvalue weighted by molar-refractivity contribution is -0.147. The van der Waals surface area contributed by atoms with Crippen LogP contribution in [0.4, 0.5) is 0 Å². The predicted octanol–water partition coefficient (Wildman–Crippen LogP) is 2.82. The minimum absolute atomic E-state index is 0.0262. The van der Waals surface area contributed by atoms with Crippen molar-refractivity contribution in [1.82, 2.24) is 0 Å². The Bertz CT molecular complexity index is 291. The van der Waals surface area contributed by atoms with Crippen molar-refractivity contribution in [2.24, 2.45) is 5.92 Å². The maximum absolute atomic E-state index is 11.1. The zero-order valence-corrected chi connectivity index (χ0v) is 9.40. The maximum atomic E-state index is 11.1. The van der Waals surface area contributed by atoms with Crippen molar-refractivity contribution in [3.63, 3.8) is 0 Å². The molecule has 0 unspecified atom stereocenters. The number of carbonyl (C=O) groups excluding carboxylic acids is 1. The van der Waals surface area contributed by atoms with Crippen LogP contribution in [0.3, 0.4) is 0 Å². The van der Waals surface area contributed by atoms with Crippen LogP contribution in [0.1, 0.15) is 25.8 Å². The summed E-state index contributed by atoms with van der Waals surface area (Å²) in [6, 6.07) is 10.2. The van der Waals surface area contributed by atoms with Gasteiger partial charge < -0.3 is 4.74 Å². The van der Waals surface area contributed by atoms with E-state index in [0.29, 0.717) is 6.61 Å². The van der Waals surface area contributed by atoms with E-state index >= 15 is 0 Å². The molecule has 0 aromatic heterocycles. The van der Waals surface area contributed by atoms with Crippen molar-refractivity contribution in [3.05, 3.63) is 35.9 Å². The topological polar surface area (TPSA) is 26.3 Å². The Morgan fingerprint density at radius 2 is 1.93 bits per heavy atom. The molecule has 0 N–H and O–H groups in total. The van der Waals surface area contributed by atoms with Gasteiger partial charge in [0.1, 0.15) is 0 Å². The highest BCUT2D eigenvalue weighted by molar-refractivity contribution is 5.71. The molecule has 2 heteroatoms. The number of hydrogen-bond acceptors (Lipinski definition) is 2. The molecule has 0 aliphatic carbocycles. The molecule has 0 heterocycles. The molecule has 2 nitrogen and oxygen atoms in total. The molecule has 15 heavy (non-hydrogen) atoms. The van der Waals surface area contributed by atoms with Gasteiger partial charge in [-0.15, -0.1) is 0 Å². The molecular formula is C13H18O2. The molecule has 1 rings (SSSR count). The second-order valence-corrected chi connectivity index (χ2v) is 3.91. The molecule has 0 bridgehead atoms. The van der Waals surface area contributed by atoms with E-state index in [4.69, 9.17) is 4.74 Å². The summed E-state index contributed by atoms with van der Waals surface area (Å²) < 4.78 is 5.09. The summed E-state index contributed by atoms with van der Waals surface area (Å²) in [4.78, 5) is 11.1. The number of hydrogen-bond donors (Lipinski definition) is 0. The third-order valence-electron chi connectivity index (χ3n) is 2.17. The lowest BCUT2D eigenvalue weighted by Crippen LogP contribution is -2.12. The lowest BCUT2D eigenvalue weighted by Gasteiger charge is -2.06. The smallest absolute Gasteiger partial charge is 0.308 e. The molecule has 0 fully saturated rings. The predicted molar refractivity (Wildman–Crippen MR) is 60.6 cm³/mol. The second kappa shape index (κ2) is 6.23. The average Bonchev–Trinajstić information content (AvgIpc) is 2.25. The molecular weight excluding hydrogens is 189 g/mol. The van der Waals surface area contributed by atoms with Crippen LogP contribution in [0, 0.1) is 5.92 Å². The standard InChI is InChI=1S/C13H18O2/c1-11(2)13(14)15-10-6-9-12-7-4-3-5-8-12/h3-5,7-8,11H,6,9-10H2,1-2H3/i13+1. The van der Waals surface area contributed by atoms with Crippen LogP contribution in [0.5, 0.6) is 0 Å². The second-order valence-electron chi connectivity index (χ2n) is 3.91. The van der Waals surface area contributed by atoms with Gasteiger partial charge in [-0.05, 0) is 18.4 Å². The minimum Gasteiger partial charge on any atom is -0.465 e. The van der Waals surface area contributed by atoms with Crippen LogP contribution in [0.25, 0.3) is 0 Å². The molecule has 0 aliphatic rings. The van der Waals surface area contributed by atoms with Crippen molar-refractivity contribution in [2.75, 3.05) is 6.61 Å². The Labute approximate surface area is 91.3 Å². The monoisotopic (exact) mass is 207 g/mol. The average molecular weight is 207 g/mol. The lowest BCUT2D eigenvalue weighted by atomic mass is 10.1. The van der Waals surface area contributed by atoms with Crippen LogP contribution in [-0.2, 0) is 16.0 Å². The summed E-state index contributed by atoms with van der Waals surface area (Å²) in [6.07, 6.45) is 1.86. The van der Waals surface area contributed by atoms with E-state index in [1.165, 1.54) is 5.56 Å². The highest BCUT2D eigenvalue weighted by atomic mass is 16.6. The van der Waals surface area contributed by atoms with Crippen LogP contribution in [0.15, 0.2) is 30.3 Å². The number of carbonyl (C=O) groups is 1. The van der Waals surface area contributed by atoms with Gasteiger partial charge in [0.15, 0.2) is 0 Å². The number of benzene rings is 1. The molecule has 1 aromatic rings. The molecule has 0 amide bonds. The van der Waals surface area contributed by atoms with Crippen molar-refractivity contribution < 1.29 is 9.53 Å². The fourth-order valence-corrected chi connectivity index (χ4v) is 1.26. The van der Waals surface area contributed by atoms with E-state index in [-0.39, 0.29) is 11.9 Å². The number of rotatable bonds is 5. The van der Waals surface area contributed by atoms with Gasteiger partial charge in [0, 0.05) is 0 Å². The molecule has 0 aliphatic heterocycles. The van der Waals surface area contributed by atoms with Crippen molar-refractivity contribution in [2.45, 2.75) is 26.7 Å². The normalized spacial score (nSPS) is 10.3. The first-order valence-electron chi connectivity index (χ1n) is 5.40. The van der Waals surface area contributed by atoms with Gasteiger partial charge in [-0.1, -0.05) is 44.2 Å². The van der Waals surface area contributed by atoms with Crippen molar-refractivity contribution >= 4 is 5.97 Å². The van der Waals surface area contributed by atoms with Crippen molar-refractivity contribution in [1.29, 1.82) is 0 Å². The Morgan fingerprint density at radius 1 is 1.27 bits per heavy atom. The molecule has 82 valence electrons. The van der Waals surface area contributed by atoms with E-state index in [1.807, 2.05) is 32.0 Å². The minimum atomic E-state index is -0.108. The first-order chi connectivity index (χ1) is 7.20. The van der Waals surface area contributed by atoms with Gasteiger partial charge in [-0.3, -0.25) is 4.79 Å². The summed E-state index contributed by atoms with van der Waals surface area (Å²) in [5.41, 5.74) is 1.29. The first kappa shape index (κ1) is 11.8. The van der Waals surface area contributed by atoms with Gasteiger partial charge in [-0.2, -0.15) is 0 Å². The molecule has 1 aromatic carbocycles. The fourth-order valence-electron chi connectivity index (χ4n) is 1.26. The van der Waals surface area contributed by atoms with Gasteiger partial charge in [0.25, 0.3) is 0 Å². The van der Waals surface area contributed by atoms with Gasteiger partial charge >= 0.3 is 5.97 Å². The van der Waals surface area contributed by atoms with Gasteiger partial charge in [-0.25, -0.2) is 0 Å². The van der Waals surface area contributed by atoms with Crippen molar-refractivity contribution in [3.8, 4) is 0 Å². The summed E-state index contributed by atoms with van der Waals surface area (Å²) in [5, 5.41) is 0. The largest absolute Gasteiger partial charge is 0.465 e. The van der Waals surface area contributed by atoms with Crippen LogP contribution >= 0.6 is 0 Å². The molecule has 0 spiro atoms. The fraction of sp³-hybridized carbons (Fsp3) is 0.462. The van der Waals surface area contributed by atoms with E-state index in [9.17, 15) is 4.79 Å². The summed E-state index contributed by atoms with van der Waals surface area (Å²) in [5.74, 6) is -0.134. The van der Waals surface area contributed by atoms with Crippen LogP contribution in [-0.4, -0.2) is 12.6 Å². The Balaban J connectivity index is 2.15. The zero-order chi connectivity index (χ0) is 11.1. The van der Waals surface area contributed by atoms with E-state index in [2.05, 4.69) is 12.1 Å². The third kappa shape index (κ3) is 4.63. The quantitative estimate of drug-likeness (QED) is 0.421. The van der Waals surface area contributed by atoms with E-state index in [0.717, 1.165) is 12.8 Å². The van der Waals surface area contributed by atoms with Gasteiger partial charge in [0.2, 0.25) is 0 Å².